The average molecular weight is 300 g/mol. The zero-order valence-electron chi connectivity index (χ0n) is 11.5. The molecule has 21 heavy (non-hydrogen) atoms. The molecule has 0 atom stereocenters. The predicted molar refractivity (Wildman–Crippen MR) is 84.4 cm³/mol. The second-order valence-corrected chi connectivity index (χ2v) is 5.49. The van der Waals surface area contributed by atoms with Gasteiger partial charge >= 0.3 is 0 Å². The zero-order chi connectivity index (χ0) is 14.5. The number of furan rings is 1. The smallest absolute Gasteiger partial charge is 0.126 e. The number of rotatable bonds is 6. The molecule has 0 saturated carbocycles. The maximum atomic E-state index is 9.26. The van der Waals surface area contributed by atoms with E-state index in [0.29, 0.717) is 13.1 Å². The number of thiazole rings is 1. The number of aliphatic hydroxyl groups is 1. The van der Waals surface area contributed by atoms with Crippen LogP contribution in [0.5, 0.6) is 0 Å². The highest BCUT2D eigenvalue weighted by Crippen LogP contribution is 2.25. The van der Waals surface area contributed by atoms with Gasteiger partial charge in [0.25, 0.3) is 0 Å². The Morgan fingerprint density at radius 1 is 1.19 bits per heavy atom. The number of aromatic nitrogens is 1. The summed E-state index contributed by atoms with van der Waals surface area (Å²) < 4.78 is 5.09. The van der Waals surface area contributed by atoms with Crippen molar-refractivity contribution in [2.75, 3.05) is 18.1 Å². The minimum atomic E-state index is 0.119. The van der Waals surface area contributed by atoms with Crippen molar-refractivity contribution in [3.8, 4) is 10.6 Å². The first kappa shape index (κ1) is 13.9. The predicted octanol–water partition coefficient (Wildman–Crippen LogP) is 3.40. The fraction of sp³-hybridized carbons (Fsp3) is 0.188. The van der Waals surface area contributed by atoms with Gasteiger partial charge < -0.3 is 14.4 Å². The lowest BCUT2D eigenvalue weighted by Gasteiger charge is -2.22. The van der Waals surface area contributed by atoms with Gasteiger partial charge in [0.1, 0.15) is 11.3 Å². The molecule has 0 spiro atoms. The monoisotopic (exact) mass is 300 g/mol. The third kappa shape index (κ3) is 3.32. The van der Waals surface area contributed by atoms with Gasteiger partial charge in [-0.1, -0.05) is 18.2 Å². The summed E-state index contributed by atoms with van der Waals surface area (Å²) in [6, 6.07) is 12.0. The molecular formula is C16H16N2O2S. The molecule has 0 aliphatic carbocycles. The Morgan fingerprint density at radius 3 is 2.76 bits per heavy atom. The van der Waals surface area contributed by atoms with Crippen LogP contribution >= 0.6 is 11.3 Å². The Kier molecular flexibility index (Phi) is 4.33. The molecule has 0 aliphatic rings. The van der Waals surface area contributed by atoms with E-state index in [1.165, 1.54) is 0 Å². The van der Waals surface area contributed by atoms with E-state index in [0.717, 1.165) is 22.0 Å². The Morgan fingerprint density at radius 2 is 2.05 bits per heavy atom. The molecule has 1 aromatic carbocycles. The van der Waals surface area contributed by atoms with Crippen LogP contribution in [0, 0.1) is 0 Å². The largest absolute Gasteiger partial charge is 0.472 e. The highest BCUT2D eigenvalue weighted by molar-refractivity contribution is 7.13. The van der Waals surface area contributed by atoms with Crippen molar-refractivity contribution in [1.29, 1.82) is 0 Å². The summed E-state index contributed by atoms with van der Waals surface area (Å²) in [7, 11) is 0. The van der Waals surface area contributed by atoms with Gasteiger partial charge in [0.05, 0.1) is 25.1 Å². The summed E-state index contributed by atoms with van der Waals surface area (Å²) in [6.45, 7) is 1.38. The van der Waals surface area contributed by atoms with Gasteiger partial charge in [0.2, 0.25) is 0 Å². The van der Waals surface area contributed by atoms with E-state index in [1.54, 1.807) is 23.9 Å². The van der Waals surface area contributed by atoms with Crippen LogP contribution in [0.3, 0.4) is 0 Å². The van der Waals surface area contributed by atoms with Crippen molar-refractivity contribution in [3.63, 3.8) is 0 Å². The average Bonchev–Trinajstić information content (AvgIpc) is 3.19. The van der Waals surface area contributed by atoms with Crippen LogP contribution in [-0.2, 0) is 6.54 Å². The Hall–Kier alpha value is -2.11. The molecule has 108 valence electrons. The second-order valence-electron chi connectivity index (χ2n) is 4.64. The fourth-order valence-electron chi connectivity index (χ4n) is 2.15. The highest BCUT2D eigenvalue weighted by atomic mass is 32.1. The lowest BCUT2D eigenvalue weighted by Crippen LogP contribution is -2.26. The molecule has 3 aromatic rings. The molecule has 2 heterocycles. The summed E-state index contributed by atoms with van der Waals surface area (Å²) in [5.41, 5.74) is 3.08. The Labute approximate surface area is 127 Å². The molecule has 0 unspecified atom stereocenters. The summed E-state index contributed by atoms with van der Waals surface area (Å²) in [5.74, 6) is 0. The molecule has 0 bridgehead atoms. The number of nitrogens with zero attached hydrogens (tertiary/aromatic N) is 2. The highest BCUT2D eigenvalue weighted by Gasteiger charge is 2.11. The van der Waals surface area contributed by atoms with Crippen molar-refractivity contribution in [2.24, 2.45) is 0 Å². The lowest BCUT2D eigenvalue weighted by atomic mass is 10.2. The number of anilines is 1. The van der Waals surface area contributed by atoms with Crippen molar-refractivity contribution in [2.45, 2.75) is 6.54 Å². The van der Waals surface area contributed by atoms with E-state index in [1.807, 2.05) is 36.4 Å². The van der Waals surface area contributed by atoms with Crippen molar-refractivity contribution >= 4 is 17.0 Å². The van der Waals surface area contributed by atoms with Crippen LogP contribution in [0.1, 0.15) is 5.69 Å². The van der Waals surface area contributed by atoms with E-state index in [-0.39, 0.29) is 6.61 Å². The molecule has 4 nitrogen and oxygen atoms in total. The zero-order valence-corrected chi connectivity index (χ0v) is 12.3. The number of benzene rings is 1. The van der Waals surface area contributed by atoms with Gasteiger partial charge in [-0.05, 0) is 18.2 Å². The van der Waals surface area contributed by atoms with E-state index in [9.17, 15) is 5.11 Å². The number of hydrogen-bond donors (Lipinski definition) is 1. The molecule has 0 aliphatic heterocycles. The van der Waals surface area contributed by atoms with Gasteiger partial charge in [0.15, 0.2) is 0 Å². The fourth-order valence-corrected chi connectivity index (χ4v) is 2.95. The van der Waals surface area contributed by atoms with E-state index in [4.69, 9.17) is 4.42 Å². The standard InChI is InChI=1S/C16H16N2O2S/c19-8-7-18(15-4-2-1-3-5-15)10-14-12-21-16(17-14)13-6-9-20-11-13/h1-6,9,11-12,19H,7-8,10H2. The molecule has 0 fully saturated rings. The minimum Gasteiger partial charge on any atom is -0.472 e. The van der Waals surface area contributed by atoms with Crippen molar-refractivity contribution in [3.05, 3.63) is 60.0 Å². The van der Waals surface area contributed by atoms with E-state index < -0.39 is 0 Å². The topological polar surface area (TPSA) is 49.5 Å². The van der Waals surface area contributed by atoms with Crippen molar-refractivity contribution < 1.29 is 9.52 Å². The molecular weight excluding hydrogens is 284 g/mol. The summed E-state index contributed by atoms with van der Waals surface area (Å²) >= 11 is 1.60. The van der Waals surface area contributed by atoms with Crippen LogP contribution in [0.4, 0.5) is 5.69 Å². The first-order chi connectivity index (χ1) is 10.4. The van der Waals surface area contributed by atoms with Gasteiger partial charge in [-0.15, -0.1) is 11.3 Å². The lowest BCUT2D eigenvalue weighted by molar-refractivity contribution is 0.301. The molecule has 0 amide bonds. The van der Waals surface area contributed by atoms with Gasteiger partial charge in [-0.25, -0.2) is 4.98 Å². The SMILES string of the molecule is OCCN(Cc1csc(-c2ccoc2)n1)c1ccccc1. The quantitative estimate of drug-likeness (QED) is 0.758. The van der Waals surface area contributed by atoms with Gasteiger partial charge in [-0.2, -0.15) is 0 Å². The van der Waals surface area contributed by atoms with Crippen LogP contribution in [-0.4, -0.2) is 23.2 Å². The first-order valence-electron chi connectivity index (χ1n) is 6.74. The van der Waals surface area contributed by atoms with Crippen LogP contribution in [0.15, 0.2) is 58.7 Å². The maximum Gasteiger partial charge on any atom is 0.126 e. The summed E-state index contributed by atoms with van der Waals surface area (Å²) in [4.78, 5) is 6.75. The Balaban J connectivity index is 1.77. The third-order valence-electron chi connectivity index (χ3n) is 3.16. The number of hydrogen-bond acceptors (Lipinski definition) is 5. The van der Waals surface area contributed by atoms with Crippen LogP contribution in [0.2, 0.25) is 0 Å². The van der Waals surface area contributed by atoms with Crippen molar-refractivity contribution in [1.82, 2.24) is 4.98 Å². The summed E-state index contributed by atoms with van der Waals surface area (Å²) in [6.07, 6.45) is 3.35. The van der Waals surface area contributed by atoms with E-state index >= 15 is 0 Å². The minimum absolute atomic E-state index is 0.119. The third-order valence-corrected chi connectivity index (χ3v) is 4.10. The van der Waals surface area contributed by atoms with Crippen LogP contribution < -0.4 is 4.90 Å². The second kappa shape index (κ2) is 6.56. The van der Waals surface area contributed by atoms with E-state index in [2.05, 4.69) is 15.3 Å². The maximum absolute atomic E-state index is 9.26. The molecule has 3 rings (SSSR count). The van der Waals surface area contributed by atoms with Gasteiger partial charge in [-0.3, -0.25) is 0 Å². The number of para-hydroxylation sites is 1. The molecule has 0 saturated heterocycles. The first-order valence-corrected chi connectivity index (χ1v) is 7.62. The molecule has 0 radical (unpaired) electrons. The summed E-state index contributed by atoms with van der Waals surface area (Å²) in [5, 5.41) is 12.3. The molecule has 5 heteroatoms. The molecule has 2 aromatic heterocycles. The molecule has 1 N–H and O–H groups in total. The number of aliphatic hydroxyl groups excluding tert-OH is 1. The normalized spacial score (nSPS) is 10.7. The Bertz CT molecular complexity index is 665. The van der Waals surface area contributed by atoms with Gasteiger partial charge in [0, 0.05) is 23.2 Å². The van der Waals surface area contributed by atoms with Crippen LogP contribution in [0.25, 0.3) is 10.6 Å².